The van der Waals surface area contributed by atoms with Crippen molar-refractivity contribution in [2.75, 3.05) is 0 Å². The number of aromatic nitrogens is 6. The zero-order chi connectivity index (χ0) is 29.7. The lowest BCUT2D eigenvalue weighted by Gasteiger charge is -2.21. The van der Waals surface area contributed by atoms with Crippen LogP contribution >= 0.6 is 0 Å². The Morgan fingerprint density at radius 1 is 0.400 bits per heavy atom. The van der Waals surface area contributed by atoms with Crippen LogP contribution in [0, 0.1) is 0 Å². The Kier molecular flexibility index (Phi) is 5.71. The fraction of sp³-hybridized carbons (Fsp3) is 0. The molecule has 0 bridgehead atoms. The van der Waals surface area contributed by atoms with Gasteiger partial charge in [0, 0.05) is 16.7 Å². The quantitative estimate of drug-likeness (QED) is 0.205. The summed E-state index contributed by atoms with van der Waals surface area (Å²) >= 11 is 0. The summed E-state index contributed by atoms with van der Waals surface area (Å²) in [5.74, 6) is 0.893. The van der Waals surface area contributed by atoms with E-state index in [0.29, 0.717) is 0 Å². The Labute approximate surface area is 259 Å². The van der Waals surface area contributed by atoms with Gasteiger partial charge in [-0.05, 0) is 54.6 Å². The lowest BCUT2D eigenvalue weighted by atomic mass is 9.98. The third kappa shape index (κ3) is 4.00. The minimum atomic E-state index is 0.893. The van der Waals surface area contributed by atoms with Gasteiger partial charge in [0.15, 0.2) is 0 Å². The van der Waals surface area contributed by atoms with Crippen molar-refractivity contribution in [1.29, 1.82) is 0 Å². The first kappa shape index (κ1) is 25.2. The number of hydrogen-bond acceptors (Lipinski definition) is 3. The number of imidazole rings is 3. The number of rotatable bonds is 5. The molecule has 0 saturated heterocycles. The Morgan fingerprint density at radius 3 is 1.58 bits per heavy atom. The second kappa shape index (κ2) is 10.2. The third-order valence-corrected chi connectivity index (χ3v) is 8.45. The van der Waals surface area contributed by atoms with Crippen LogP contribution in [-0.2, 0) is 0 Å². The molecule has 0 radical (unpaired) electrons. The maximum absolute atomic E-state index is 5.15. The van der Waals surface area contributed by atoms with Crippen LogP contribution in [0.1, 0.15) is 0 Å². The molecule has 0 spiro atoms. The average Bonchev–Trinajstić information content (AvgIpc) is 3.84. The maximum atomic E-state index is 5.15. The SMILES string of the molecule is c1ccc(-c2nc3ccccc3n2-c2ccccc2-c2c(-n3cnc4ccccc43)cccc2-n2cnc3ccccc32)cc1. The zero-order valence-electron chi connectivity index (χ0n) is 24.2. The smallest absolute Gasteiger partial charge is 0.145 e. The minimum Gasteiger partial charge on any atom is -0.298 e. The molecule has 0 unspecified atom stereocenters. The van der Waals surface area contributed by atoms with Gasteiger partial charge in [0.25, 0.3) is 0 Å². The van der Waals surface area contributed by atoms with Crippen LogP contribution in [0.25, 0.3) is 72.7 Å². The normalized spacial score (nSPS) is 11.6. The molecular formula is C39H26N6. The number of benzene rings is 6. The highest BCUT2D eigenvalue weighted by molar-refractivity contribution is 5.93. The van der Waals surface area contributed by atoms with E-state index in [-0.39, 0.29) is 0 Å². The molecule has 9 aromatic rings. The minimum absolute atomic E-state index is 0.893. The van der Waals surface area contributed by atoms with Crippen LogP contribution in [0.2, 0.25) is 0 Å². The summed E-state index contributed by atoms with van der Waals surface area (Å²) in [6.07, 6.45) is 3.84. The van der Waals surface area contributed by atoms with Gasteiger partial charge in [-0.2, -0.15) is 0 Å². The molecule has 9 rings (SSSR count). The van der Waals surface area contributed by atoms with Gasteiger partial charge in [0.05, 0.1) is 50.2 Å². The predicted octanol–water partition coefficient (Wildman–Crippen LogP) is 9.04. The third-order valence-electron chi connectivity index (χ3n) is 8.45. The monoisotopic (exact) mass is 578 g/mol. The molecule has 0 aliphatic carbocycles. The van der Waals surface area contributed by atoms with Crippen LogP contribution in [0.4, 0.5) is 0 Å². The van der Waals surface area contributed by atoms with E-state index < -0.39 is 0 Å². The van der Waals surface area contributed by atoms with Gasteiger partial charge in [-0.3, -0.25) is 13.7 Å². The fourth-order valence-corrected chi connectivity index (χ4v) is 6.44. The molecule has 0 fully saturated rings. The Morgan fingerprint density at radius 2 is 0.911 bits per heavy atom. The maximum Gasteiger partial charge on any atom is 0.145 e. The molecule has 212 valence electrons. The van der Waals surface area contributed by atoms with Gasteiger partial charge in [-0.1, -0.05) is 91.0 Å². The molecular weight excluding hydrogens is 552 g/mol. The van der Waals surface area contributed by atoms with E-state index in [1.807, 2.05) is 36.9 Å². The highest BCUT2D eigenvalue weighted by atomic mass is 15.1. The van der Waals surface area contributed by atoms with Gasteiger partial charge >= 0.3 is 0 Å². The first-order valence-electron chi connectivity index (χ1n) is 15.0. The van der Waals surface area contributed by atoms with Crippen molar-refractivity contribution in [3.63, 3.8) is 0 Å². The molecule has 45 heavy (non-hydrogen) atoms. The second-order valence-electron chi connectivity index (χ2n) is 11.0. The zero-order valence-corrected chi connectivity index (χ0v) is 24.2. The van der Waals surface area contributed by atoms with E-state index in [4.69, 9.17) is 15.0 Å². The van der Waals surface area contributed by atoms with E-state index >= 15 is 0 Å². The molecule has 0 aliphatic rings. The molecule has 0 aliphatic heterocycles. The topological polar surface area (TPSA) is 53.5 Å². The molecule has 6 aromatic carbocycles. The highest BCUT2D eigenvalue weighted by Crippen LogP contribution is 2.41. The second-order valence-corrected chi connectivity index (χ2v) is 11.0. The molecule has 6 nitrogen and oxygen atoms in total. The Hall–Kier alpha value is -6.27. The lowest BCUT2D eigenvalue weighted by Crippen LogP contribution is -2.06. The van der Waals surface area contributed by atoms with Crippen LogP contribution in [0.3, 0.4) is 0 Å². The van der Waals surface area contributed by atoms with Crippen LogP contribution in [-0.4, -0.2) is 28.7 Å². The Balaban J connectivity index is 1.40. The van der Waals surface area contributed by atoms with E-state index in [1.54, 1.807) is 0 Å². The number of para-hydroxylation sites is 7. The van der Waals surface area contributed by atoms with Gasteiger partial charge in [-0.25, -0.2) is 15.0 Å². The molecule has 0 amide bonds. The molecule has 3 aromatic heterocycles. The number of nitrogens with zero attached hydrogens (tertiary/aromatic N) is 6. The van der Waals surface area contributed by atoms with E-state index in [1.165, 1.54) is 0 Å². The molecule has 0 N–H and O–H groups in total. The summed E-state index contributed by atoms with van der Waals surface area (Å²) in [7, 11) is 0. The van der Waals surface area contributed by atoms with Crippen LogP contribution < -0.4 is 0 Å². The van der Waals surface area contributed by atoms with Crippen molar-refractivity contribution in [3.05, 3.63) is 158 Å². The van der Waals surface area contributed by atoms with Gasteiger partial charge in [-0.15, -0.1) is 0 Å². The summed E-state index contributed by atoms with van der Waals surface area (Å²) < 4.78 is 6.67. The lowest BCUT2D eigenvalue weighted by molar-refractivity contribution is 1.05. The fourth-order valence-electron chi connectivity index (χ4n) is 6.44. The van der Waals surface area contributed by atoms with E-state index in [0.717, 1.165) is 72.7 Å². The van der Waals surface area contributed by atoms with E-state index in [9.17, 15) is 0 Å². The summed E-state index contributed by atoms with van der Waals surface area (Å²) in [6.45, 7) is 0. The van der Waals surface area contributed by atoms with Crippen molar-refractivity contribution in [1.82, 2.24) is 28.7 Å². The first-order chi connectivity index (χ1) is 22.3. The van der Waals surface area contributed by atoms with Gasteiger partial charge in [0.1, 0.15) is 18.5 Å². The molecule has 3 heterocycles. The molecule has 0 saturated carbocycles. The average molecular weight is 579 g/mol. The molecule has 6 heteroatoms. The van der Waals surface area contributed by atoms with Gasteiger partial charge < -0.3 is 0 Å². The largest absolute Gasteiger partial charge is 0.298 e. The van der Waals surface area contributed by atoms with Crippen LogP contribution in [0.5, 0.6) is 0 Å². The standard InChI is InChI=1S/C39H26N6/c1-2-13-27(14-3-1)39-42-31-18-7-11-22-35(31)45(39)32-19-8-4-15-28(32)38-36(43-25-40-29-16-5-9-20-33(29)43)23-12-24-37(38)44-26-41-30-17-6-10-21-34(30)44/h1-26H. The van der Waals surface area contributed by atoms with Crippen LogP contribution in [0.15, 0.2) is 158 Å². The summed E-state index contributed by atoms with van der Waals surface area (Å²) in [5, 5.41) is 0. The van der Waals surface area contributed by atoms with Crippen molar-refractivity contribution in [2.45, 2.75) is 0 Å². The predicted molar refractivity (Wildman–Crippen MR) is 181 cm³/mol. The first-order valence-corrected chi connectivity index (χ1v) is 15.0. The van der Waals surface area contributed by atoms with E-state index in [2.05, 4.69) is 135 Å². The molecule has 0 atom stereocenters. The van der Waals surface area contributed by atoms with Crippen molar-refractivity contribution in [3.8, 4) is 39.6 Å². The van der Waals surface area contributed by atoms with Crippen molar-refractivity contribution < 1.29 is 0 Å². The number of hydrogen-bond donors (Lipinski definition) is 0. The van der Waals surface area contributed by atoms with Gasteiger partial charge in [0.2, 0.25) is 0 Å². The summed E-state index contributed by atoms with van der Waals surface area (Å²) in [6, 6.07) is 50.3. The summed E-state index contributed by atoms with van der Waals surface area (Å²) in [5.41, 5.74) is 12.2. The highest BCUT2D eigenvalue weighted by Gasteiger charge is 2.23. The van der Waals surface area contributed by atoms with Crippen molar-refractivity contribution >= 4 is 33.1 Å². The Bertz CT molecular complexity index is 2410. The number of fused-ring (bicyclic) bond motifs is 3. The van der Waals surface area contributed by atoms with Crippen molar-refractivity contribution in [2.24, 2.45) is 0 Å². The summed E-state index contributed by atoms with van der Waals surface area (Å²) in [4.78, 5) is 14.7.